The van der Waals surface area contributed by atoms with Gasteiger partial charge in [0.2, 0.25) is 0 Å². The summed E-state index contributed by atoms with van der Waals surface area (Å²) in [7, 11) is -2.90. The molecule has 1 heterocycles. The van der Waals surface area contributed by atoms with Gasteiger partial charge in [0.25, 0.3) is 11.0 Å². The van der Waals surface area contributed by atoms with E-state index in [1.54, 1.807) is 30.5 Å². The first-order chi connectivity index (χ1) is 15.0. The van der Waals surface area contributed by atoms with Crippen molar-refractivity contribution < 1.29 is 22.1 Å². The van der Waals surface area contributed by atoms with Crippen molar-refractivity contribution in [1.29, 1.82) is 0 Å². The molecule has 166 valence electrons. The monoisotopic (exact) mass is 465 g/mol. The van der Waals surface area contributed by atoms with Crippen molar-refractivity contribution in [3.63, 3.8) is 0 Å². The Bertz CT molecular complexity index is 1090. The quantitative estimate of drug-likeness (QED) is 0.191. The van der Waals surface area contributed by atoms with E-state index >= 15 is 0 Å². The molecule has 0 radical (unpaired) electrons. The summed E-state index contributed by atoms with van der Waals surface area (Å²) in [6.07, 6.45) is 3.60. The standard InChI is InChI=1S/C21H24ClN3O5S/c1-2-15(6-11-21(26)30-17-9-7-16(22)8-10-17)13-25-20-5-3-4-19(18(20)12-24-25)23-14-29-31(27)28/h3-5,7-10,12,15,23,31H,2,6,11,13-14H2,1H3. The number of nitrogens with one attached hydrogen (secondary N) is 1. The zero-order chi connectivity index (χ0) is 22.2. The van der Waals surface area contributed by atoms with Crippen LogP contribution in [0.5, 0.6) is 5.75 Å². The van der Waals surface area contributed by atoms with Gasteiger partial charge in [0.1, 0.15) is 12.5 Å². The van der Waals surface area contributed by atoms with E-state index in [-0.39, 0.29) is 18.6 Å². The molecule has 0 bridgehead atoms. The average molecular weight is 466 g/mol. The number of hydrogen-bond acceptors (Lipinski definition) is 7. The maximum Gasteiger partial charge on any atom is 0.311 e. The second-order valence-electron chi connectivity index (χ2n) is 6.98. The number of benzene rings is 2. The largest absolute Gasteiger partial charge is 0.427 e. The summed E-state index contributed by atoms with van der Waals surface area (Å²) >= 11 is 5.84. The van der Waals surface area contributed by atoms with Crippen molar-refractivity contribution >= 4 is 45.1 Å². The highest BCUT2D eigenvalue weighted by Gasteiger charge is 2.15. The Morgan fingerprint density at radius 3 is 2.71 bits per heavy atom. The Labute approximate surface area is 187 Å². The number of carbonyl (C=O) groups excluding carboxylic acids is 1. The number of esters is 1. The summed E-state index contributed by atoms with van der Waals surface area (Å²) in [5.41, 5.74) is 1.65. The minimum Gasteiger partial charge on any atom is -0.427 e. The van der Waals surface area contributed by atoms with Crippen molar-refractivity contribution in [2.24, 2.45) is 5.92 Å². The number of ether oxygens (including phenoxy) is 1. The number of hydrogen-bond donors (Lipinski definition) is 2. The summed E-state index contributed by atoms with van der Waals surface area (Å²) in [5.74, 6) is 0.436. The normalized spacial score (nSPS) is 12.2. The third kappa shape index (κ3) is 6.68. The Hall–Kier alpha value is -2.62. The SMILES string of the molecule is CCC(CCC(=O)Oc1ccc(Cl)cc1)Cn1ncc2c(NCO[SH](=O)=O)cccc21. The number of halogens is 1. The summed E-state index contributed by atoms with van der Waals surface area (Å²) in [6, 6.07) is 12.3. The van der Waals surface area contributed by atoms with Crippen LogP contribution in [-0.2, 0) is 26.5 Å². The fourth-order valence-electron chi connectivity index (χ4n) is 3.24. The number of rotatable bonds is 11. The molecule has 3 aromatic rings. The predicted octanol–water partition coefficient (Wildman–Crippen LogP) is 4.01. The molecule has 1 aromatic heterocycles. The van der Waals surface area contributed by atoms with Crippen LogP contribution in [0.1, 0.15) is 26.2 Å². The molecule has 0 saturated carbocycles. The first-order valence-corrected chi connectivity index (χ1v) is 11.4. The van der Waals surface area contributed by atoms with Gasteiger partial charge >= 0.3 is 5.97 Å². The molecule has 2 aromatic carbocycles. The van der Waals surface area contributed by atoms with Crippen LogP contribution in [-0.4, -0.2) is 30.9 Å². The molecule has 1 N–H and O–H groups in total. The lowest BCUT2D eigenvalue weighted by Crippen LogP contribution is -2.15. The lowest BCUT2D eigenvalue weighted by molar-refractivity contribution is -0.134. The minimum atomic E-state index is -2.90. The molecule has 31 heavy (non-hydrogen) atoms. The van der Waals surface area contributed by atoms with Crippen molar-refractivity contribution in [2.45, 2.75) is 32.7 Å². The zero-order valence-corrected chi connectivity index (χ0v) is 18.6. The van der Waals surface area contributed by atoms with Crippen LogP contribution in [0, 0.1) is 5.92 Å². The molecule has 1 unspecified atom stereocenters. The molecule has 0 aliphatic heterocycles. The highest BCUT2D eigenvalue weighted by atomic mass is 35.5. The Balaban J connectivity index is 1.59. The maximum atomic E-state index is 12.2. The van der Waals surface area contributed by atoms with E-state index in [0.29, 0.717) is 30.2 Å². The van der Waals surface area contributed by atoms with Gasteiger partial charge in [0.05, 0.1) is 11.7 Å². The molecule has 0 amide bonds. The Morgan fingerprint density at radius 1 is 1.23 bits per heavy atom. The zero-order valence-electron chi connectivity index (χ0n) is 17.0. The van der Waals surface area contributed by atoms with Crippen LogP contribution in [0.15, 0.2) is 48.7 Å². The topological polar surface area (TPSA) is 99.5 Å². The van der Waals surface area contributed by atoms with Crippen LogP contribution in [0.3, 0.4) is 0 Å². The second-order valence-corrected chi connectivity index (χ2v) is 8.12. The van der Waals surface area contributed by atoms with Crippen LogP contribution in [0.4, 0.5) is 5.69 Å². The van der Waals surface area contributed by atoms with Crippen molar-refractivity contribution in [2.75, 3.05) is 12.0 Å². The molecule has 0 aliphatic carbocycles. The van der Waals surface area contributed by atoms with E-state index in [9.17, 15) is 13.2 Å². The minimum absolute atomic E-state index is 0.143. The predicted molar refractivity (Wildman–Crippen MR) is 120 cm³/mol. The highest BCUT2D eigenvalue weighted by molar-refractivity contribution is 7.67. The third-order valence-electron chi connectivity index (χ3n) is 4.93. The molecular weight excluding hydrogens is 442 g/mol. The molecule has 0 spiro atoms. The lowest BCUT2D eigenvalue weighted by Gasteiger charge is -2.15. The van der Waals surface area contributed by atoms with Crippen LogP contribution < -0.4 is 10.1 Å². The summed E-state index contributed by atoms with van der Waals surface area (Å²) < 4.78 is 32.9. The Kier molecular flexibility index (Phi) is 8.27. The molecule has 0 saturated heterocycles. The molecule has 10 heteroatoms. The van der Waals surface area contributed by atoms with E-state index in [1.807, 2.05) is 22.9 Å². The van der Waals surface area contributed by atoms with Crippen molar-refractivity contribution in [3.8, 4) is 5.75 Å². The number of thiol groups is 1. The van der Waals surface area contributed by atoms with Gasteiger partial charge in [0, 0.05) is 29.1 Å². The van der Waals surface area contributed by atoms with E-state index in [4.69, 9.17) is 16.3 Å². The lowest BCUT2D eigenvalue weighted by atomic mass is 10.0. The van der Waals surface area contributed by atoms with Crippen LogP contribution in [0.2, 0.25) is 5.02 Å². The average Bonchev–Trinajstić information content (AvgIpc) is 3.16. The fraction of sp³-hybridized carbons (Fsp3) is 0.333. The summed E-state index contributed by atoms with van der Waals surface area (Å²) in [4.78, 5) is 12.2. The number of nitrogens with zero attached hydrogens (tertiary/aromatic N) is 2. The highest BCUT2D eigenvalue weighted by Crippen LogP contribution is 2.25. The van der Waals surface area contributed by atoms with Gasteiger partial charge in [-0.1, -0.05) is 31.0 Å². The van der Waals surface area contributed by atoms with Gasteiger partial charge in [-0.2, -0.15) is 5.10 Å². The van der Waals surface area contributed by atoms with Crippen LogP contribution >= 0.6 is 11.6 Å². The Morgan fingerprint density at radius 2 is 2.00 bits per heavy atom. The first-order valence-electron chi connectivity index (χ1n) is 9.88. The van der Waals surface area contributed by atoms with E-state index in [2.05, 4.69) is 21.5 Å². The van der Waals surface area contributed by atoms with Gasteiger partial charge in [-0.25, -0.2) is 8.42 Å². The van der Waals surface area contributed by atoms with Gasteiger partial charge in [-0.3, -0.25) is 13.7 Å². The van der Waals surface area contributed by atoms with Gasteiger partial charge in [-0.15, -0.1) is 0 Å². The number of aromatic nitrogens is 2. The molecular formula is C21H24ClN3O5S. The summed E-state index contributed by atoms with van der Waals surface area (Å²) in [5, 5.41) is 8.87. The van der Waals surface area contributed by atoms with E-state index in [1.165, 1.54) is 0 Å². The van der Waals surface area contributed by atoms with Crippen LogP contribution in [0.25, 0.3) is 10.9 Å². The van der Waals surface area contributed by atoms with Crippen molar-refractivity contribution in [1.82, 2.24) is 9.78 Å². The number of anilines is 1. The first kappa shape index (κ1) is 23.1. The molecule has 1 atom stereocenters. The third-order valence-corrected chi connectivity index (χ3v) is 5.52. The van der Waals surface area contributed by atoms with Gasteiger partial charge in [-0.05, 0) is 48.7 Å². The second kappa shape index (κ2) is 11.1. The van der Waals surface area contributed by atoms with Gasteiger partial charge < -0.3 is 10.1 Å². The number of carbonyl (C=O) groups is 1. The molecule has 0 aliphatic rings. The fourth-order valence-corrected chi connectivity index (χ4v) is 3.54. The maximum absolute atomic E-state index is 12.2. The van der Waals surface area contributed by atoms with E-state index < -0.39 is 11.0 Å². The van der Waals surface area contributed by atoms with Gasteiger partial charge in [0.15, 0.2) is 0 Å². The van der Waals surface area contributed by atoms with E-state index in [0.717, 1.165) is 23.0 Å². The number of fused-ring (bicyclic) bond motifs is 1. The van der Waals surface area contributed by atoms with Crippen molar-refractivity contribution in [3.05, 3.63) is 53.7 Å². The molecule has 0 fully saturated rings. The summed E-state index contributed by atoms with van der Waals surface area (Å²) in [6.45, 7) is 2.59. The molecule has 3 rings (SSSR count). The smallest absolute Gasteiger partial charge is 0.311 e. The molecule has 8 nitrogen and oxygen atoms in total.